The standard InChI is InChI=1S/C19H23ClN2O2S.ClH/c1-14-11-15(6-7-16(14)20)24-13-19(23)21-12-17(18-5-4-10-25-18)22-8-2-3-9-22;/h4-7,10-11,17H,2-3,8-9,12-13H2,1H3,(H,21,23);1H. The molecular formula is C19H24Cl2N2O2S. The van der Waals surface area contributed by atoms with Crippen molar-refractivity contribution >= 4 is 41.3 Å². The third-order valence-electron chi connectivity index (χ3n) is 4.44. The summed E-state index contributed by atoms with van der Waals surface area (Å²) in [7, 11) is 0. The molecule has 1 aromatic carbocycles. The number of hydrogen-bond donors (Lipinski definition) is 1. The van der Waals surface area contributed by atoms with Crippen molar-refractivity contribution in [3.63, 3.8) is 0 Å². The number of aryl methyl sites for hydroxylation is 1. The molecule has 1 amide bonds. The molecule has 7 heteroatoms. The van der Waals surface area contributed by atoms with Crippen molar-refractivity contribution in [3.8, 4) is 5.75 Å². The van der Waals surface area contributed by atoms with Gasteiger partial charge >= 0.3 is 0 Å². The van der Waals surface area contributed by atoms with E-state index in [1.807, 2.05) is 13.0 Å². The number of rotatable bonds is 7. The average Bonchev–Trinajstić information content (AvgIpc) is 3.30. The van der Waals surface area contributed by atoms with E-state index < -0.39 is 0 Å². The van der Waals surface area contributed by atoms with Crippen molar-refractivity contribution in [1.82, 2.24) is 10.2 Å². The van der Waals surface area contributed by atoms with Gasteiger partial charge in [-0.05, 0) is 68.1 Å². The predicted octanol–water partition coefficient (Wildman–Crippen LogP) is 4.46. The van der Waals surface area contributed by atoms with Crippen LogP contribution >= 0.6 is 35.3 Å². The second-order valence-corrected chi connectivity index (χ2v) is 7.66. The Hall–Kier alpha value is -1.27. The first-order valence-electron chi connectivity index (χ1n) is 8.56. The van der Waals surface area contributed by atoms with Crippen molar-refractivity contribution in [3.05, 3.63) is 51.2 Å². The molecule has 4 nitrogen and oxygen atoms in total. The van der Waals surface area contributed by atoms with Crippen molar-refractivity contribution in [2.24, 2.45) is 0 Å². The van der Waals surface area contributed by atoms with Crippen LogP contribution in [-0.2, 0) is 4.79 Å². The van der Waals surface area contributed by atoms with Crippen LogP contribution < -0.4 is 10.1 Å². The van der Waals surface area contributed by atoms with Crippen LogP contribution in [0.3, 0.4) is 0 Å². The second kappa shape index (κ2) is 10.2. The minimum atomic E-state index is -0.103. The van der Waals surface area contributed by atoms with Crippen molar-refractivity contribution in [1.29, 1.82) is 0 Å². The minimum absolute atomic E-state index is 0. The first-order valence-corrected chi connectivity index (χ1v) is 9.82. The summed E-state index contributed by atoms with van der Waals surface area (Å²) < 4.78 is 5.57. The van der Waals surface area contributed by atoms with Gasteiger partial charge in [-0.25, -0.2) is 0 Å². The third kappa shape index (κ3) is 5.61. The Morgan fingerprint density at radius 1 is 1.35 bits per heavy atom. The van der Waals surface area contributed by atoms with E-state index in [1.54, 1.807) is 23.5 Å². The predicted molar refractivity (Wildman–Crippen MR) is 110 cm³/mol. The van der Waals surface area contributed by atoms with E-state index in [-0.39, 0.29) is 31.0 Å². The Morgan fingerprint density at radius 3 is 2.77 bits per heavy atom. The monoisotopic (exact) mass is 414 g/mol. The number of hydrogen-bond acceptors (Lipinski definition) is 4. The molecule has 1 saturated heterocycles. The van der Waals surface area contributed by atoms with Gasteiger partial charge in [0, 0.05) is 16.4 Å². The zero-order valence-electron chi connectivity index (χ0n) is 14.7. The lowest BCUT2D eigenvalue weighted by atomic mass is 10.2. The first-order chi connectivity index (χ1) is 12.1. The number of nitrogens with zero attached hydrogens (tertiary/aromatic N) is 1. The van der Waals surface area contributed by atoms with Crippen LogP contribution in [-0.4, -0.2) is 37.0 Å². The Kier molecular flexibility index (Phi) is 8.22. The van der Waals surface area contributed by atoms with E-state index in [0.29, 0.717) is 17.3 Å². The summed E-state index contributed by atoms with van der Waals surface area (Å²) in [4.78, 5) is 15.9. The molecule has 0 aliphatic carbocycles. The van der Waals surface area contributed by atoms with Gasteiger partial charge in [-0.2, -0.15) is 0 Å². The highest BCUT2D eigenvalue weighted by Crippen LogP contribution is 2.27. The Labute approximate surface area is 169 Å². The van der Waals surface area contributed by atoms with Crippen LogP contribution in [0.2, 0.25) is 5.02 Å². The van der Waals surface area contributed by atoms with E-state index in [2.05, 4.69) is 27.7 Å². The maximum Gasteiger partial charge on any atom is 0.258 e. The van der Waals surface area contributed by atoms with Crippen LogP contribution in [0.15, 0.2) is 35.7 Å². The van der Waals surface area contributed by atoms with Crippen molar-refractivity contribution < 1.29 is 9.53 Å². The average molecular weight is 415 g/mol. The smallest absolute Gasteiger partial charge is 0.258 e. The highest BCUT2D eigenvalue weighted by Gasteiger charge is 2.24. The number of nitrogens with one attached hydrogen (secondary N) is 1. The number of carbonyl (C=O) groups excluding carboxylic acids is 1. The quantitative estimate of drug-likeness (QED) is 0.726. The molecule has 2 aromatic rings. The van der Waals surface area contributed by atoms with Crippen molar-refractivity contribution in [2.45, 2.75) is 25.8 Å². The summed E-state index contributed by atoms with van der Waals surface area (Å²) in [6.07, 6.45) is 2.46. The normalized spacial score (nSPS) is 15.3. The van der Waals surface area contributed by atoms with Crippen LogP contribution in [0.25, 0.3) is 0 Å². The first kappa shape index (κ1) is 21.0. The number of thiophene rings is 1. The molecule has 3 rings (SSSR count). The summed E-state index contributed by atoms with van der Waals surface area (Å²) in [5, 5.41) is 5.80. The molecule has 142 valence electrons. The SMILES string of the molecule is Cc1cc(OCC(=O)NCC(c2cccs2)N2CCCC2)ccc1Cl.Cl. The summed E-state index contributed by atoms with van der Waals surface area (Å²) >= 11 is 7.75. The second-order valence-electron chi connectivity index (χ2n) is 6.28. The Balaban J connectivity index is 0.00000243. The van der Waals surface area contributed by atoms with E-state index >= 15 is 0 Å². The van der Waals surface area contributed by atoms with E-state index in [9.17, 15) is 4.79 Å². The number of amides is 1. The molecule has 1 unspecified atom stereocenters. The van der Waals surface area contributed by atoms with E-state index in [0.717, 1.165) is 18.7 Å². The largest absolute Gasteiger partial charge is 0.484 e. The lowest BCUT2D eigenvalue weighted by Gasteiger charge is -2.26. The zero-order chi connectivity index (χ0) is 17.6. The molecule has 0 saturated carbocycles. The fourth-order valence-corrected chi connectivity index (χ4v) is 4.04. The number of benzene rings is 1. The third-order valence-corrected chi connectivity index (χ3v) is 5.84. The summed E-state index contributed by atoms with van der Waals surface area (Å²) in [6.45, 7) is 4.73. The van der Waals surface area contributed by atoms with Gasteiger partial charge in [0.1, 0.15) is 5.75 Å². The highest BCUT2D eigenvalue weighted by atomic mass is 35.5. The molecular weight excluding hydrogens is 391 g/mol. The molecule has 1 aliphatic rings. The number of ether oxygens (including phenoxy) is 1. The van der Waals surface area contributed by atoms with Gasteiger partial charge in [-0.3, -0.25) is 9.69 Å². The van der Waals surface area contributed by atoms with Crippen LogP contribution in [0.4, 0.5) is 0 Å². The molecule has 0 bridgehead atoms. The molecule has 1 fully saturated rings. The van der Waals surface area contributed by atoms with Gasteiger partial charge in [0.2, 0.25) is 0 Å². The van der Waals surface area contributed by atoms with Crippen molar-refractivity contribution in [2.75, 3.05) is 26.2 Å². The fraction of sp³-hybridized carbons (Fsp3) is 0.421. The number of likely N-dealkylation sites (tertiary alicyclic amines) is 1. The van der Waals surface area contributed by atoms with Gasteiger partial charge in [-0.1, -0.05) is 17.7 Å². The van der Waals surface area contributed by atoms with Gasteiger partial charge in [0.25, 0.3) is 5.91 Å². The molecule has 1 aliphatic heterocycles. The minimum Gasteiger partial charge on any atom is -0.484 e. The molecule has 26 heavy (non-hydrogen) atoms. The highest BCUT2D eigenvalue weighted by molar-refractivity contribution is 7.10. The molecule has 0 radical (unpaired) electrons. The summed E-state index contributed by atoms with van der Waals surface area (Å²) in [5.41, 5.74) is 0.936. The van der Waals surface area contributed by atoms with Gasteiger partial charge in [0.05, 0.1) is 6.04 Å². The van der Waals surface area contributed by atoms with Crippen LogP contribution in [0.1, 0.15) is 29.3 Å². The molecule has 2 heterocycles. The van der Waals surface area contributed by atoms with E-state index in [4.69, 9.17) is 16.3 Å². The molecule has 0 spiro atoms. The Morgan fingerprint density at radius 2 is 2.12 bits per heavy atom. The molecule has 1 atom stereocenters. The topological polar surface area (TPSA) is 41.6 Å². The van der Waals surface area contributed by atoms with Crippen LogP contribution in [0, 0.1) is 6.92 Å². The number of carbonyl (C=O) groups is 1. The molecule has 1 aromatic heterocycles. The lowest BCUT2D eigenvalue weighted by molar-refractivity contribution is -0.123. The maximum atomic E-state index is 12.2. The zero-order valence-corrected chi connectivity index (χ0v) is 17.1. The number of halogens is 2. The fourth-order valence-electron chi connectivity index (χ4n) is 3.06. The summed E-state index contributed by atoms with van der Waals surface area (Å²) in [5.74, 6) is 0.555. The van der Waals surface area contributed by atoms with Crippen LogP contribution in [0.5, 0.6) is 5.75 Å². The molecule has 1 N–H and O–H groups in total. The van der Waals surface area contributed by atoms with E-state index in [1.165, 1.54) is 17.7 Å². The summed E-state index contributed by atoms with van der Waals surface area (Å²) in [6, 6.07) is 9.87. The van der Waals surface area contributed by atoms with Gasteiger partial charge < -0.3 is 10.1 Å². The Bertz CT molecular complexity index is 704. The maximum absolute atomic E-state index is 12.2. The van der Waals surface area contributed by atoms with Gasteiger partial charge in [-0.15, -0.1) is 23.7 Å². The van der Waals surface area contributed by atoms with Gasteiger partial charge in [0.15, 0.2) is 6.61 Å². The lowest BCUT2D eigenvalue weighted by Crippen LogP contribution is -2.38.